The molecule has 0 atom stereocenters. The monoisotopic (exact) mass is 446 g/mol. The van der Waals surface area contributed by atoms with E-state index in [0.29, 0.717) is 22.6 Å². The highest BCUT2D eigenvalue weighted by atomic mass is 35.5. The van der Waals surface area contributed by atoms with Crippen molar-refractivity contribution in [3.63, 3.8) is 0 Å². The maximum Gasteiger partial charge on any atom is 0.231 e. The number of benzene rings is 3. The molecule has 4 rings (SSSR count). The number of Topliss-reactive ketones (excluding diaryl/α,β-unsaturated/α-hetero) is 1. The first-order chi connectivity index (χ1) is 14.4. The lowest BCUT2D eigenvalue weighted by Gasteiger charge is -2.12. The molecule has 0 aromatic heterocycles. The molecule has 30 heavy (non-hydrogen) atoms. The van der Waals surface area contributed by atoms with Crippen LogP contribution in [-0.4, -0.2) is 5.78 Å². The fraction of sp³-hybridized carbons (Fsp3) is 0.0870. The molecule has 152 valence electrons. The summed E-state index contributed by atoms with van der Waals surface area (Å²) >= 11 is 12.1. The second kappa shape index (κ2) is 8.09. The van der Waals surface area contributed by atoms with Gasteiger partial charge in [0, 0.05) is 16.7 Å². The van der Waals surface area contributed by atoms with Gasteiger partial charge in [0.25, 0.3) is 0 Å². The molecule has 0 radical (unpaired) electrons. The summed E-state index contributed by atoms with van der Waals surface area (Å²) in [4.78, 5) is 12.7. The summed E-state index contributed by atoms with van der Waals surface area (Å²) in [5.41, 5.74) is 1.17. The summed E-state index contributed by atoms with van der Waals surface area (Å²) in [6, 6.07) is 11.8. The van der Waals surface area contributed by atoms with Crippen LogP contribution in [0.3, 0.4) is 0 Å². The lowest BCUT2D eigenvalue weighted by Crippen LogP contribution is -2.01. The van der Waals surface area contributed by atoms with Gasteiger partial charge in [0.05, 0.1) is 15.6 Å². The Morgan fingerprint density at radius 2 is 1.70 bits per heavy atom. The number of hydrogen-bond acceptors (Lipinski definition) is 3. The third-order valence-corrected chi connectivity index (χ3v) is 5.43. The van der Waals surface area contributed by atoms with E-state index in [4.69, 9.17) is 32.7 Å². The normalized spacial score (nSPS) is 14.0. The summed E-state index contributed by atoms with van der Waals surface area (Å²) in [6.07, 6.45) is 1.28. The number of rotatable bonds is 4. The van der Waals surface area contributed by atoms with Gasteiger partial charge >= 0.3 is 0 Å². The van der Waals surface area contributed by atoms with Gasteiger partial charge in [-0.3, -0.25) is 4.79 Å². The van der Waals surface area contributed by atoms with Gasteiger partial charge in [-0.05, 0) is 49.4 Å². The molecule has 0 aliphatic carbocycles. The van der Waals surface area contributed by atoms with Crippen LogP contribution in [0.4, 0.5) is 8.78 Å². The zero-order valence-corrected chi connectivity index (χ0v) is 17.2. The van der Waals surface area contributed by atoms with E-state index < -0.39 is 17.4 Å². The van der Waals surface area contributed by atoms with E-state index in [9.17, 15) is 13.6 Å². The molecule has 0 saturated carbocycles. The minimum atomic E-state index is -0.565. The van der Waals surface area contributed by atoms with Crippen molar-refractivity contribution in [2.75, 3.05) is 0 Å². The summed E-state index contributed by atoms with van der Waals surface area (Å²) in [6.45, 7) is 1.62. The number of halogens is 4. The standard InChI is InChI=1S/C23H14Cl2F2O3/c1-12-20(29-11-15-17(25)5-3-7-19(15)27)9-8-13-22(28)21(30-23(12)13)10-14-16(24)4-2-6-18(14)26/h2-10H,11H2,1H3/b21-10-. The molecule has 3 aromatic carbocycles. The van der Waals surface area contributed by atoms with Crippen LogP contribution in [0.5, 0.6) is 11.5 Å². The molecule has 3 aromatic rings. The van der Waals surface area contributed by atoms with E-state index in [1.54, 1.807) is 25.1 Å². The van der Waals surface area contributed by atoms with Gasteiger partial charge < -0.3 is 9.47 Å². The molecule has 0 saturated heterocycles. The molecule has 0 N–H and O–H groups in total. The minimum absolute atomic E-state index is 0.0469. The van der Waals surface area contributed by atoms with Gasteiger partial charge in [0.1, 0.15) is 29.7 Å². The lowest BCUT2D eigenvalue weighted by atomic mass is 10.1. The molecule has 0 fully saturated rings. The molecular weight excluding hydrogens is 433 g/mol. The lowest BCUT2D eigenvalue weighted by molar-refractivity contribution is 0.101. The average molecular weight is 447 g/mol. The van der Waals surface area contributed by atoms with Crippen LogP contribution >= 0.6 is 23.2 Å². The van der Waals surface area contributed by atoms with Crippen molar-refractivity contribution < 1.29 is 23.0 Å². The Bertz CT molecular complexity index is 1160. The van der Waals surface area contributed by atoms with Crippen LogP contribution in [0.2, 0.25) is 10.0 Å². The molecule has 0 bridgehead atoms. The first-order valence-electron chi connectivity index (χ1n) is 8.94. The first-order valence-corrected chi connectivity index (χ1v) is 9.70. The second-order valence-electron chi connectivity index (χ2n) is 6.63. The molecule has 1 aliphatic heterocycles. The highest BCUT2D eigenvalue weighted by molar-refractivity contribution is 6.32. The van der Waals surface area contributed by atoms with Crippen molar-refractivity contribution in [2.24, 2.45) is 0 Å². The fourth-order valence-electron chi connectivity index (χ4n) is 3.12. The molecule has 3 nitrogen and oxygen atoms in total. The van der Waals surface area contributed by atoms with E-state index in [-0.39, 0.29) is 33.5 Å². The van der Waals surface area contributed by atoms with E-state index in [0.717, 1.165) is 0 Å². The summed E-state index contributed by atoms with van der Waals surface area (Å²) in [5.74, 6) is -0.767. The molecular formula is C23H14Cl2F2O3. The van der Waals surface area contributed by atoms with Crippen LogP contribution < -0.4 is 9.47 Å². The van der Waals surface area contributed by atoms with Gasteiger partial charge in [0.15, 0.2) is 5.76 Å². The van der Waals surface area contributed by atoms with Crippen molar-refractivity contribution in [1.29, 1.82) is 0 Å². The first kappa shape index (κ1) is 20.4. The molecule has 0 amide bonds. The van der Waals surface area contributed by atoms with Crippen molar-refractivity contribution in [3.05, 3.63) is 98.2 Å². The number of fused-ring (bicyclic) bond motifs is 1. The molecule has 0 spiro atoms. The fourth-order valence-corrected chi connectivity index (χ4v) is 3.56. The topological polar surface area (TPSA) is 35.5 Å². The smallest absolute Gasteiger partial charge is 0.231 e. The van der Waals surface area contributed by atoms with Crippen LogP contribution in [0.1, 0.15) is 27.0 Å². The molecule has 1 heterocycles. The number of allylic oxidation sites excluding steroid dienone is 1. The Morgan fingerprint density at radius 3 is 2.40 bits per heavy atom. The van der Waals surface area contributed by atoms with Crippen LogP contribution in [0, 0.1) is 18.6 Å². The highest BCUT2D eigenvalue weighted by Gasteiger charge is 2.30. The van der Waals surface area contributed by atoms with Gasteiger partial charge in [0.2, 0.25) is 5.78 Å². The maximum atomic E-state index is 14.1. The van der Waals surface area contributed by atoms with Crippen LogP contribution in [0.25, 0.3) is 6.08 Å². The van der Waals surface area contributed by atoms with Crippen molar-refractivity contribution in [1.82, 2.24) is 0 Å². The van der Waals surface area contributed by atoms with Crippen LogP contribution in [0.15, 0.2) is 54.3 Å². The third-order valence-electron chi connectivity index (χ3n) is 4.75. The van der Waals surface area contributed by atoms with E-state index in [1.165, 1.54) is 36.4 Å². The van der Waals surface area contributed by atoms with E-state index >= 15 is 0 Å². The van der Waals surface area contributed by atoms with E-state index in [2.05, 4.69) is 0 Å². The van der Waals surface area contributed by atoms with E-state index in [1.807, 2.05) is 0 Å². The zero-order valence-electron chi connectivity index (χ0n) is 15.6. The molecule has 1 aliphatic rings. The summed E-state index contributed by atoms with van der Waals surface area (Å²) in [7, 11) is 0. The summed E-state index contributed by atoms with van der Waals surface area (Å²) in [5, 5.41) is 0.421. The zero-order chi connectivity index (χ0) is 21.4. The molecule has 0 unspecified atom stereocenters. The maximum absolute atomic E-state index is 14.1. The van der Waals surface area contributed by atoms with Gasteiger partial charge in [-0.15, -0.1) is 0 Å². The number of ether oxygens (including phenoxy) is 2. The quantitative estimate of drug-likeness (QED) is 0.414. The Labute approximate surface area is 181 Å². The SMILES string of the molecule is Cc1c(OCc2c(F)cccc2Cl)ccc2c1O/C(=C\c1c(F)cccc1Cl)C2=O. The molecule has 7 heteroatoms. The largest absolute Gasteiger partial charge is 0.488 e. The Morgan fingerprint density at radius 1 is 1.00 bits per heavy atom. The predicted molar refractivity (Wildman–Crippen MR) is 111 cm³/mol. The number of hydrogen-bond donors (Lipinski definition) is 0. The number of carbonyl (C=O) groups excluding carboxylic acids is 1. The van der Waals surface area contributed by atoms with Crippen molar-refractivity contribution in [3.8, 4) is 11.5 Å². The predicted octanol–water partition coefficient (Wildman–Crippen LogP) is 6.78. The number of ketones is 1. The second-order valence-corrected chi connectivity index (χ2v) is 7.44. The average Bonchev–Trinajstić information content (AvgIpc) is 3.02. The minimum Gasteiger partial charge on any atom is -0.488 e. The Balaban J connectivity index is 1.63. The Hall–Kier alpha value is -2.89. The number of carbonyl (C=O) groups is 1. The van der Waals surface area contributed by atoms with Crippen molar-refractivity contribution in [2.45, 2.75) is 13.5 Å². The summed E-state index contributed by atoms with van der Waals surface area (Å²) < 4.78 is 39.5. The van der Waals surface area contributed by atoms with Crippen LogP contribution in [-0.2, 0) is 6.61 Å². The van der Waals surface area contributed by atoms with Gasteiger partial charge in [-0.1, -0.05) is 35.3 Å². The van der Waals surface area contributed by atoms with Gasteiger partial charge in [-0.2, -0.15) is 0 Å². The van der Waals surface area contributed by atoms with Crippen molar-refractivity contribution >= 4 is 35.1 Å². The Kier molecular flexibility index (Phi) is 5.50. The third kappa shape index (κ3) is 3.66. The van der Waals surface area contributed by atoms with Gasteiger partial charge in [-0.25, -0.2) is 8.78 Å². The highest BCUT2D eigenvalue weighted by Crippen LogP contribution is 2.40.